The molecule has 0 aliphatic carbocycles. The van der Waals surface area contributed by atoms with Crippen molar-refractivity contribution in [1.29, 1.82) is 0 Å². The monoisotopic (exact) mass is 396 g/mol. The SMILES string of the molecule is CCCCCCOC(CCc1cccc(OC(=O)O)c1O)OCCCCCC. The van der Waals surface area contributed by atoms with Crippen molar-refractivity contribution < 1.29 is 29.2 Å². The molecule has 0 fully saturated rings. The van der Waals surface area contributed by atoms with E-state index in [1.54, 1.807) is 12.1 Å². The van der Waals surface area contributed by atoms with Crippen molar-refractivity contribution in [3.8, 4) is 11.5 Å². The number of phenolic OH excluding ortho intramolecular Hbond substituents is 1. The van der Waals surface area contributed by atoms with Gasteiger partial charge in [-0.3, -0.25) is 0 Å². The molecule has 1 aromatic rings. The third-order valence-electron chi connectivity index (χ3n) is 4.53. The third-order valence-corrected chi connectivity index (χ3v) is 4.53. The lowest BCUT2D eigenvalue weighted by molar-refractivity contribution is -0.147. The van der Waals surface area contributed by atoms with Crippen LogP contribution >= 0.6 is 0 Å². The lowest BCUT2D eigenvalue weighted by Crippen LogP contribution is -2.20. The number of phenols is 1. The minimum absolute atomic E-state index is 0.0532. The Bertz CT molecular complexity index is 532. The van der Waals surface area contributed by atoms with Gasteiger partial charge in [-0.25, -0.2) is 4.79 Å². The predicted molar refractivity (Wildman–Crippen MR) is 109 cm³/mol. The van der Waals surface area contributed by atoms with Crippen LogP contribution in [0.15, 0.2) is 18.2 Å². The van der Waals surface area contributed by atoms with Gasteiger partial charge < -0.3 is 24.4 Å². The molecule has 6 nitrogen and oxygen atoms in total. The van der Waals surface area contributed by atoms with E-state index in [-0.39, 0.29) is 17.8 Å². The first-order valence-electron chi connectivity index (χ1n) is 10.5. The summed E-state index contributed by atoms with van der Waals surface area (Å²) in [6.45, 7) is 5.68. The van der Waals surface area contributed by atoms with Crippen LogP contribution in [0.1, 0.15) is 77.2 Å². The molecule has 0 bridgehead atoms. The van der Waals surface area contributed by atoms with Gasteiger partial charge >= 0.3 is 6.16 Å². The van der Waals surface area contributed by atoms with E-state index >= 15 is 0 Å². The summed E-state index contributed by atoms with van der Waals surface area (Å²) < 4.78 is 16.4. The molecule has 1 aromatic carbocycles. The maximum absolute atomic E-state index is 10.7. The molecule has 0 saturated heterocycles. The van der Waals surface area contributed by atoms with Gasteiger partial charge in [0.2, 0.25) is 0 Å². The Balaban J connectivity index is 2.54. The summed E-state index contributed by atoms with van der Waals surface area (Å²) in [5.41, 5.74) is 0.618. The number of aromatic hydroxyl groups is 1. The standard InChI is InChI=1S/C22H36O6/c1-3-5-7-9-16-26-20(27-17-10-8-6-4-2)15-14-18-12-11-13-19(21(18)23)28-22(24)25/h11-13,20,23H,3-10,14-17H2,1-2H3,(H,24,25). The number of aryl methyl sites for hydroxylation is 1. The van der Waals surface area contributed by atoms with E-state index in [0.29, 0.717) is 31.6 Å². The quantitative estimate of drug-likeness (QED) is 0.157. The average Bonchev–Trinajstić information content (AvgIpc) is 2.67. The largest absolute Gasteiger partial charge is 0.511 e. The molecule has 28 heavy (non-hydrogen) atoms. The highest BCUT2D eigenvalue weighted by molar-refractivity contribution is 5.63. The Morgan fingerprint density at radius 2 is 1.57 bits per heavy atom. The first kappa shape index (κ1) is 24.2. The molecule has 2 N–H and O–H groups in total. The van der Waals surface area contributed by atoms with Crippen LogP contribution in [-0.4, -0.2) is 35.9 Å². The zero-order valence-corrected chi connectivity index (χ0v) is 17.3. The van der Waals surface area contributed by atoms with Crippen LogP contribution in [0.2, 0.25) is 0 Å². The number of ether oxygens (including phenoxy) is 3. The third kappa shape index (κ3) is 10.5. The molecule has 0 atom stereocenters. The minimum Gasteiger partial charge on any atom is -0.504 e. The van der Waals surface area contributed by atoms with Crippen LogP contribution in [0.4, 0.5) is 4.79 Å². The smallest absolute Gasteiger partial charge is 0.504 e. The molecule has 0 radical (unpaired) electrons. The first-order chi connectivity index (χ1) is 13.6. The molecule has 1 rings (SSSR count). The summed E-state index contributed by atoms with van der Waals surface area (Å²) in [6, 6.07) is 4.85. The Morgan fingerprint density at radius 1 is 0.964 bits per heavy atom. The Labute approximate surface area is 168 Å². The Kier molecular flexibility index (Phi) is 13.1. The highest BCUT2D eigenvalue weighted by atomic mass is 16.7. The summed E-state index contributed by atoms with van der Waals surface area (Å²) in [5, 5.41) is 19.0. The van der Waals surface area contributed by atoms with Crippen molar-refractivity contribution in [3.63, 3.8) is 0 Å². The minimum atomic E-state index is -1.45. The number of benzene rings is 1. The molecule has 0 amide bonds. The van der Waals surface area contributed by atoms with Crippen molar-refractivity contribution in [2.75, 3.05) is 13.2 Å². The Hall–Kier alpha value is -1.79. The number of hydrogen-bond acceptors (Lipinski definition) is 5. The van der Waals surface area contributed by atoms with Gasteiger partial charge in [0.1, 0.15) is 0 Å². The lowest BCUT2D eigenvalue weighted by atomic mass is 10.1. The topological polar surface area (TPSA) is 85.2 Å². The lowest BCUT2D eigenvalue weighted by Gasteiger charge is -2.19. The van der Waals surface area contributed by atoms with E-state index < -0.39 is 6.16 Å². The van der Waals surface area contributed by atoms with Crippen molar-refractivity contribution in [2.45, 2.75) is 84.3 Å². The summed E-state index contributed by atoms with van der Waals surface area (Å²) in [6.07, 6.45) is 8.42. The molecule has 0 spiro atoms. The molecule has 160 valence electrons. The van der Waals surface area contributed by atoms with Gasteiger partial charge in [0.05, 0.1) is 0 Å². The number of carbonyl (C=O) groups is 1. The van der Waals surface area contributed by atoms with Gasteiger partial charge in [0.25, 0.3) is 0 Å². The van der Waals surface area contributed by atoms with E-state index in [4.69, 9.17) is 14.6 Å². The fourth-order valence-corrected chi connectivity index (χ4v) is 2.92. The van der Waals surface area contributed by atoms with E-state index in [1.165, 1.54) is 31.7 Å². The highest BCUT2D eigenvalue weighted by Crippen LogP contribution is 2.31. The van der Waals surface area contributed by atoms with Gasteiger partial charge in [-0.1, -0.05) is 64.5 Å². The van der Waals surface area contributed by atoms with Crippen molar-refractivity contribution in [1.82, 2.24) is 0 Å². The fourth-order valence-electron chi connectivity index (χ4n) is 2.92. The first-order valence-corrected chi connectivity index (χ1v) is 10.5. The molecular formula is C22H36O6. The van der Waals surface area contributed by atoms with Crippen LogP contribution in [-0.2, 0) is 15.9 Å². The van der Waals surface area contributed by atoms with Gasteiger partial charge in [-0.05, 0) is 30.9 Å². The van der Waals surface area contributed by atoms with Crippen LogP contribution in [0.5, 0.6) is 11.5 Å². The normalized spacial score (nSPS) is 11.1. The summed E-state index contributed by atoms with van der Waals surface area (Å²) in [4.78, 5) is 10.7. The molecule has 0 saturated carbocycles. The molecule has 6 heteroatoms. The maximum Gasteiger partial charge on any atom is 0.511 e. The maximum atomic E-state index is 10.7. The van der Waals surface area contributed by atoms with Crippen molar-refractivity contribution in [2.24, 2.45) is 0 Å². The number of unbranched alkanes of at least 4 members (excludes halogenated alkanes) is 6. The van der Waals surface area contributed by atoms with Gasteiger partial charge in [0, 0.05) is 19.6 Å². The molecule has 0 aliphatic heterocycles. The number of para-hydroxylation sites is 1. The second-order valence-corrected chi connectivity index (χ2v) is 6.96. The van der Waals surface area contributed by atoms with Gasteiger partial charge in [0.15, 0.2) is 17.8 Å². The van der Waals surface area contributed by atoms with Gasteiger partial charge in [-0.15, -0.1) is 0 Å². The van der Waals surface area contributed by atoms with Crippen LogP contribution in [0, 0.1) is 0 Å². The summed E-state index contributed by atoms with van der Waals surface area (Å²) in [7, 11) is 0. The van der Waals surface area contributed by atoms with E-state index in [0.717, 1.165) is 25.7 Å². The number of hydrogen-bond donors (Lipinski definition) is 2. The van der Waals surface area contributed by atoms with E-state index in [1.807, 2.05) is 0 Å². The zero-order chi connectivity index (χ0) is 20.6. The van der Waals surface area contributed by atoms with Crippen molar-refractivity contribution in [3.05, 3.63) is 23.8 Å². The van der Waals surface area contributed by atoms with Gasteiger partial charge in [-0.2, -0.15) is 0 Å². The molecule has 0 heterocycles. The van der Waals surface area contributed by atoms with E-state index in [2.05, 4.69) is 18.6 Å². The number of carboxylic acid groups (broad SMARTS) is 1. The van der Waals surface area contributed by atoms with Crippen LogP contribution in [0.25, 0.3) is 0 Å². The molecule has 0 aliphatic rings. The predicted octanol–water partition coefficient (Wildman–Crippen LogP) is 5.90. The second kappa shape index (κ2) is 15.2. The van der Waals surface area contributed by atoms with Crippen LogP contribution < -0.4 is 4.74 Å². The molecule has 0 aromatic heterocycles. The Morgan fingerprint density at radius 3 is 2.11 bits per heavy atom. The average molecular weight is 397 g/mol. The fraction of sp³-hybridized carbons (Fsp3) is 0.682. The zero-order valence-electron chi connectivity index (χ0n) is 17.3. The molecule has 0 unspecified atom stereocenters. The van der Waals surface area contributed by atoms with E-state index in [9.17, 15) is 9.90 Å². The van der Waals surface area contributed by atoms with Crippen LogP contribution in [0.3, 0.4) is 0 Å². The number of rotatable bonds is 16. The summed E-state index contributed by atoms with van der Waals surface area (Å²) >= 11 is 0. The van der Waals surface area contributed by atoms with Crippen molar-refractivity contribution >= 4 is 6.16 Å². The second-order valence-electron chi connectivity index (χ2n) is 6.96. The highest BCUT2D eigenvalue weighted by Gasteiger charge is 2.15. The summed E-state index contributed by atoms with van der Waals surface area (Å²) in [5.74, 6) is -0.197. The molecular weight excluding hydrogens is 360 g/mol.